The molecule has 4 heteroatoms. The lowest BCUT2D eigenvalue weighted by Crippen LogP contribution is -2.21. The van der Waals surface area contributed by atoms with E-state index < -0.39 is 0 Å². The van der Waals surface area contributed by atoms with Crippen LogP contribution < -0.4 is 4.74 Å². The van der Waals surface area contributed by atoms with Crippen LogP contribution in [-0.4, -0.2) is 37.3 Å². The van der Waals surface area contributed by atoms with Gasteiger partial charge in [-0.3, -0.25) is 9.59 Å². The zero-order valence-electron chi connectivity index (χ0n) is 12.0. The molecule has 19 heavy (non-hydrogen) atoms. The van der Waals surface area contributed by atoms with Crippen LogP contribution in [0.25, 0.3) is 0 Å². The van der Waals surface area contributed by atoms with Crippen molar-refractivity contribution in [1.82, 2.24) is 4.90 Å². The maximum absolute atomic E-state index is 11.5. The molecule has 1 amide bonds. The average molecular weight is 263 g/mol. The van der Waals surface area contributed by atoms with Crippen LogP contribution >= 0.6 is 0 Å². The number of Topliss-reactive ketones (excluding diaryl/α,β-unsaturated/α-hetero) is 1. The fourth-order valence-corrected chi connectivity index (χ4v) is 1.67. The summed E-state index contributed by atoms with van der Waals surface area (Å²) in [6.45, 7) is 3.89. The Labute approximate surface area is 114 Å². The van der Waals surface area contributed by atoms with Crippen LogP contribution in [0.15, 0.2) is 18.2 Å². The predicted octanol–water partition coefficient (Wildman–Crippen LogP) is 2.44. The SMILES string of the molecule is CC(=O)c1cc(C)ccc1OCCCC(=O)N(C)C. The third kappa shape index (κ3) is 4.73. The molecule has 4 nitrogen and oxygen atoms in total. The quantitative estimate of drug-likeness (QED) is 0.585. The number of hydrogen-bond acceptors (Lipinski definition) is 3. The van der Waals surface area contributed by atoms with Crippen molar-refractivity contribution in [2.45, 2.75) is 26.7 Å². The topological polar surface area (TPSA) is 46.6 Å². The number of amides is 1. The fraction of sp³-hybridized carbons (Fsp3) is 0.467. The van der Waals surface area contributed by atoms with Crippen LogP contribution in [0.3, 0.4) is 0 Å². The van der Waals surface area contributed by atoms with Gasteiger partial charge in [-0.15, -0.1) is 0 Å². The highest BCUT2D eigenvalue weighted by molar-refractivity contribution is 5.97. The first-order valence-corrected chi connectivity index (χ1v) is 6.36. The second-order valence-electron chi connectivity index (χ2n) is 4.80. The van der Waals surface area contributed by atoms with Crippen molar-refractivity contribution in [3.63, 3.8) is 0 Å². The Balaban J connectivity index is 2.54. The number of hydrogen-bond donors (Lipinski definition) is 0. The first kappa shape index (κ1) is 15.2. The number of carbonyl (C=O) groups excluding carboxylic acids is 2. The summed E-state index contributed by atoms with van der Waals surface area (Å²) in [7, 11) is 3.47. The molecule has 0 spiro atoms. The smallest absolute Gasteiger partial charge is 0.222 e. The minimum absolute atomic E-state index is 0.0110. The Kier molecular flexibility index (Phi) is 5.55. The normalized spacial score (nSPS) is 10.1. The molecule has 1 aromatic carbocycles. The summed E-state index contributed by atoms with van der Waals surface area (Å²) in [5, 5.41) is 0. The Hall–Kier alpha value is -1.84. The highest BCUT2D eigenvalue weighted by Crippen LogP contribution is 2.20. The van der Waals surface area contributed by atoms with E-state index in [-0.39, 0.29) is 11.7 Å². The number of carbonyl (C=O) groups is 2. The van der Waals surface area contributed by atoms with E-state index in [0.29, 0.717) is 30.8 Å². The molecule has 0 atom stereocenters. The van der Waals surface area contributed by atoms with Gasteiger partial charge >= 0.3 is 0 Å². The molecule has 0 unspecified atom stereocenters. The van der Waals surface area contributed by atoms with E-state index in [2.05, 4.69) is 0 Å². The van der Waals surface area contributed by atoms with E-state index in [4.69, 9.17) is 4.74 Å². The highest BCUT2D eigenvalue weighted by Gasteiger charge is 2.09. The minimum Gasteiger partial charge on any atom is -0.493 e. The first-order valence-electron chi connectivity index (χ1n) is 6.36. The first-order chi connectivity index (χ1) is 8.91. The van der Waals surface area contributed by atoms with Crippen molar-refractivity contribution in [1.29, 1.82) is 0 Å². The van der Waals surface area contributed by atoms with Crippen molar-refractivity contribution in [2.24, 2.45) is 0 Å². The van der Waals surface area contributed by atoms with Gasteiger partial charge in [0.25, 0.3) is 0 Å². The van der Waals surface area contributed by atoms with Crippen LogP contribution in [0.4, 0.5) is 0 Å². The molecule has 0 saturated heterocycles. The molecule has 0 radical (unpaired) electrons. The zero-order valence-corrected chi connectivity index (χ0v) is 12.0. The third-order valence-corrected chi connectivity index (χ3v) is 2.81. The number of rotatable bonds is 6. The van der Waals surface area contributed by atoms with E-state index in [1.807, 2.05) is 19.1 Å². The van der Waals surface area contributed by atoms with Gasteiger partial charge in [0.05, 0.1) is 12.2 Å². The van der Waals surface area contributed by atoms with Crippen molar-refractivity contribution >= 4 is 11.7 Å². The van der Waals surface area contributed by atoms with Gasteiger partial charge in [-0.1, -0.05) is 11.6 Å². The fourth-order valence-electron chi connectivity index (χ4n) is 1.67. The van der Waals surface area contributed by atoms with Gasteiger partial charge < -0.3 is 9.64 Å². The number of ketones is 1. The molecule has 104 valence electrons. The van der Waals surface area contributed by atoms with Crippen LogP contribution in [0.1, 0.15) is 35.7 Å². The van der Waals surface area contributed by atoms with Gasteiger partial charge in [-0.05, 0) is 32.4 Å². The van der Waals surface area contributed by atoms with E-state index in [0.717, 1.165) is 5.56 Å². The molecule has 0 aromatic heterocycles. The highest BCUT2D eigenvalue weighted by atomic mass is 16.5. The van der Waals surface area contributed by atoms with E-state index in [9.17, 15) is 9.59 Å². The largest absolute Gasteiger partial charge is 0.493 e. The Morgan fingerprint density at radius 3 is 2.53 bits per heavy atom. The predicted molar refractivity (Wildman–Crippen MR) is 74.6 cm³/mol. The van der Waals surface area contributed by atoms with Gasteiger partial charge in [0.2, 0.25) is 5.91 Å². The van der Waals surface area contributed by atoms with Gasteiger partial charge in [0, 0.05) is 20.5 Å². The maximum Gasteiger partial charge on any atom is 0.222 e. The molecule has 0 saturated carbocycles. The Bertz CT molecular complexity index is 466. The van der Waals surface area contributed by atoms with Crippen molar-refractivity contribution in [3.8, 4) is 5.75 Å². The summed E-state index contributed by atoms with van der Waals surface area (Å²) in [4.78, 5) is 24.5. The summed E-state index contributed by atoms with van der Waals surface area (Å²) in [5.74, 6) is 0.665. The molecule has 0 aliphatic heterocycles. The van der Waals surface area contributed by atoms with Crippen LogP contribution in [-0.2, 0) is 4.79 Å². The lowest BCUT2D eigenvalue weighted by Gasteiger charge is -2.12. The molecular formula is C15H21NO3. The van der Waals surface area contributed by atoms with Crippen molar-refractivity contribution < 1.29 is 14.3 Å². The summed E-state index contributed by atoms with van der Waals surface area (Å²) in [6, 6.07) is 5.54. The summed E-state index contributed by atoms with van der Waals surface area (Å²) in [6.07, 6.45) is 1.09. The Morgan fingerprint density at radius 1 is 1.26 bits per heavy atom. The van der Waals surface area contributed by atoms with Gasteiger partial charge in [0.15, 0.2) is 5.78 Å². The molecule has 1 aromatic rings. The summed E-state index contributed by atoms with van der Waals surface area (Å²) < 4.78 is 5.59. The summed E-state index contributed by atoms with van der Waals surface area (Å²) >= 11 is 0. The van der Waals surface area contributed by atoms with E-state index in [1.165, 1.54) is 6.92 Å². The van der Waals surface area contributed by atoms with Gasteiger partial charge in [-0.25, -0.2) is 0 Å². The number of benzene rings is 1. The third-order valence-electron chi connectivity index (χ3n) is 2.81. The number of ether oxygens (including phenoxy) is 1. The second kappa shape index (κ2) is 6.92. The maximum atomic E-state index is 11.5. The molecule has 0 N–H and O–H groups in total. The van der Waals surface area contributed by atoms with Crippen LogP contribution in [0.2, 0.25) is 0 Å². The minimum atomic E-state index is -0.0110. The Morgan fingerprint density at radius 2 is 1.95 bits per heavy atom. The molecule has 1 rings (SSSR count). The molecule has 0 aliphatic rings. The van der Waals surface area contributed by atoms with Gasteiger partial charge in [-0.2, -0.15) is 0 Å². The van der Waals surface area contributed by atoms with E-state index >= 15 is 0 Å². The van der Waals surface area contributed by atoms with Crippen LogP contribution in [0, 0.1) is 6.92 Å². The number of aryl methyl sites for hydroxylation is 1. The lowest BCUT2D eigenvalue weighted by atomic mass is 10.1. The molecule has 0 aliphatic carbocycles. The van der Waals surface area contributed by atoms with Crippen molar-refractivity contribution in [2.75, 3.05) is 20.7 Å². The average Bonchev–Trinajstić information content (AvgIpc) is 2.35. The molecule has 0 fully saturated rings. The van der Waals surface area contributed by atoms with Crippen LogP contribution in [0.5, 0.6) is 5.75 Å². The summed E-state index contributed by atoms with van der Waals surface area (Å²) in [5.41, 5.74) is 1.62. The van der Waals surface area contributed by atoms with E-state index in [1.54, 1.807) is 25.1 Å². The monoisotopic (exact) mass is 263 g/mol. The zero-order chi connectivity index (χ0) is 14.4. The van der Waals surface area contributed by atoms with Crippen molar-refractivity contribution in [3.05, 3.63) is 29.3 Å². The lowest BCUT2D eigenvalue weighted by molar-refractivity contribution is -0.128. The second-order valence-corrected chi connectivity index (χ2v) is 4.80. The molecule has 0 heterocycles. The number of nitrogens with zero attached hydrogens (tertiary/aromatic N) is 1. The molecular weight excluding hydrogens is 242 g/mol. The molecule has 0 bridgehead atoms. The standard InChI is InChI=1S/C15H21NO3/c1-11-7-8-14(13(10-11)12(2)17)19-9-5-6-15(18)16(3)4/h7-8,10H,5-6,9H2,1-4H3. The van der Waals surface area contributed by atoms with Gasteiger partial charge in [0.1, 0.15) is 5.75 Å².